The van der Waals surface area contributed by atoms with E-state index >= 15 is 0 Å². The highest BCUT2D eigenvalue weighted by molar-refractivity contribution is 7.89. The Morgan fingerprint density at radius 2 is 1.79 bits per heavy atom. The molecule has 1 saturated heterocycles. The summed E-state index contributed by atoms with van der Waals surface area (Å²) in [7, 11) is 0.447. The standard InChI is InChI=1S/C21H29N3O3S/c1-17-5-4-6-20(15-17)28(25,26)22-16-21(24-11-13-27-14-12-24)18-7-9-19(10-8-18)23(2)3/h4-10,15,21-22H,11-14,16H2,1-3H3/t21-/m1/s1. The number of nitrogens with zero attached hydrogens (tertiary/aromatic N) is 2. The number of sulfonamides is 1. The second-order valence-electron chi connectivity index (χ2n) is 7.32. The van der Waals surface area contributed by atoms with Gasteiger partial charge in [0, 0.05) is 45.5 Å². The number of anilines is 1. The Bertz CT molecular complexity index is 876. The molecule has 0 spiro atoms. The van der Waals surface area contributed by atoms with Crippen molar-refractivity contribution in [1.29, 1.82) is 0 Å². The van der Waals surface area contributed by atoms with Crippen molar-refractivity contribution in [3.63, 3.8) is 0 Å². The quantitative estimate of drug-likeness (QED) is 0.769. The Balaban J connectivity index is 1.81. The molecule has 7 heteroatoms. The van der Waals surface area contributed by atoms with Gasteiger partial charge >= 0.3 is 0 Å². The summed E-state index contributed by atoms with van der Waals surface area (Å²) in [5.41, 5.74) is 3.14. The molecule has 0 saturated carbocycles. The van der Waals surface area contributed by atoms with Gasteiger partial charge in [-0.15, -0.1) is 0 Å². The van der Waals surface area contributed by atoms with Gasteiger partial charge in [-0.2, -0.15) is 0 Å². The van der Waals surface area contributed by atoms with Gasteiger partial charge in [0.25, 0.3) is 0 Å². The Morgan fingerprint density at radius 3 is 2.39 bits per heavy atom. The molecule has 152 valence electrons. The zero-order valence-electron chi connectivity index (χ0n) is 16.8. The van der Waals surface area contributed by atoms with E-state index in [1.807, 2.05) is 32.0 Å². The van der Waals surface area contributed by atoms with Crippen LogP contribution in [-0.4, -0.2) is 60.3 Å². The predicted molar refractivity (Wildman–Crippen MR) is 112 cm³/mol. The van der Waals surface area contributed by atoms with Gasteiger partial charge in [-0.1, -0.05) is 24.3 Å². The van der Waals surface area contributed by atoms with Crippen molar-refractivity contribution in [1.82, 2.24) is 9.62 Å². The van der Waals surface area contributed by atoms with E-state index in [1.54, 1.807) is 18.2 Å². The van der Waals surface area contributed by atoms with Crippen LogP contribution in [0.4, 0.5) is 5.69 Å². The SMILES string of the molecule is Cc1cccc(S(=O)(=O)NC[C@H](c2ccc(N(C)C)cc2)N2CCOCC2)c1. The van der Waals surface area contributed by atoms with E-state index in [0.717, 1.165) is 29.9 Å². The normalized spacial score (nSPS) is 16.7. The van der Waals surface area contributed by atoms with Crippen molar-refractivity contribution in [2.75, 3.05) is 51.8 Å². The highest BCUT2D eigenvalue weighted by atomic mass is 32.2. The molecule has 1 fully saturated rings. The summed E-state index contributed by atoms with van der Waals surface area (Å²) in [6.45, 7) is 5.10. The van der Waals surface area contributed by atoms with Crippen LogP contribution in [0, 0.1) is 6.92 Å². The van der Waals surface area contributed by atoms with Gasteiger partial charge < -0.3 is 9.64 Å². The van der Waals surface area contributed by atoms with Gasteiger partial charge in [0.15, 0.2) is 0 Å². The Morgan fingerprint density at radius 1 is 1.11 bits per heavy atom. The predicted octanol–water partition coefficient (Wildman–Crippen LogP) is 2.41. The molecule has 0 radical (unpaired) electrons. The molecule has 1 N–H and O–H groups in total. The van der Waals surface area contributed by atoms with Crippen LogP contribution in [0.15, 0.2) is 53.4 Å². The summed E-state index contributed by atoms with van der Waals surface area (Å²) in [5, 5.41) is 0. The lowest BCUT2D eigenvalue weighted by atomic mass is 10.0. The highest BCUT2D eigenvalue weighted by Gasteiger charge is 2.25. The average Bonchev–Trinajstić information content (AvgIpc) is 2.69. The minimum atomic E-state index is -3.56. The molecule has 3 rings (SSSR count). The topological polar surface area (TPSA) is 61.9 Å². The van der Waals surface area contributed by atoms with Crippen LogP contribution >= 0.6 is 0 Å². The van der Waals surface area contributed by atoms with Crippen LogP contribution < -0.4 is 9.62 Å². The molecular weight excluding hydrogens is 374 g/mol. The largest absolute Gasteiger partial charge is 0.379 e. The third kappa shape index (κ3) is 5.11. The molecule has 2 aromatic carbocycles. The van der Waals surface area contributed by atoms with E-state index in [1.165, 1.54) is 0 Å². The van der Waals surface area contributed by atoms with E-state index in [0.29, 0.717) is 24.7 Å². The summed E-state index contributed by atoms with van der Waals surface area (Å²) in [4.78, 5) is 4.64. The molecule has 0 aromatic heterocycles. The Hall–Kier alpha value is -1.93. The van der Waals surface area contributed by atoms with Gasteiger partial charge in [0.05, 0.1) is 18.1 Å². The van der Waals surface area contributed by atoms with Gasteiger partial charge in [0.1, 0.15) is 0 Å². The number of ether oxygens (including phenoxy) is 1. The number of morpholine rings is 1. The lowest BCUT2D eigenvalue weighted by molar-refractivity contribution is 0.0172. The molecule has 0 aliphatic carbocycles. The number of benzene rings is 2. The molecule has 28 heavy (non-hydrogen) atoms. The molecule has 6 nitrogen and oxygen atoms in total. The second-order valence-corrected chi connectivity index (χ2v) is 9.09. The Labute approximate surface area is 168 Å². The summed E-state index contributed by atoms with van der Waals surface area (Å²) < 4.78 is 33.9. The molecule has 1 atom stereocenters. The molecule has 1 heterocycles. The zero-order valence-corrected chi connectivity index (χ0v) is 17.6. The van der Waals surface area contributed by atoms with Crippen molar-refractivity contribution in [3.8, 4) is 0 Å². The summed E-state index contributed by atoms with van der Waals surface area (Å²) >= 11 is 0. The number of rotatable bonds is 7. The third-order valence-electron chi connectivity index (χ3n) is 5.05. The first-order valence-electron chi connectivity index (χ1n) is 9.52. The van der Waals surface area contributed by atoms with Crippen molar-refractivity contribution >= 4 is 15.7 Å². The summed E-state index contributed by atoms with van der Waals surface area (Å²) in [6, 6.07) is 15.2. The minimum Gasteiger partial charge on any atom is -0.379 e. The van der Waals surface area contributed by atoms with Crippen LogP contribution in [0.3, 0.4) is 0 Å². The lowest BCUT2D eigenvalue weighted by Gasteiger charge is -2.35. The second kappa shape index (κ2) is 9.05. The fraction of sp³-hybridized carbons (Fsp3) is 0.429. The molecule has 2 aromatic rings. The maximum Gasteiger partial charge on any atom is 0.240 e. The van der Waals surface area contributed by atoms with Gasteiger partial charge in [0.2, 0.25) is 10.0 Å². The number of nitrogens with one attached hydrogen (secondary N) is 1. The van der Waals surface area contributed by atoms with E-state index in [-0.39, 0.29) is 6.04 Å². The molecular formula is C21H29N3O3S. The van der Waals surface area contributed by atoms with E-state index in [9.17, 15) is 8.42 Å². The van der Waals surface area contributed by atoms with Crippen molar-refractivity contribution in [2.24, 2.45) is 0 Å². The van der Waals surface area contributed by atoms with Crippen molar-refractivity contribution in [2.45, 2.75) is 17.9 Å². The molecule has 0 unspecified atom stereocenters. The first kappa shape index (κ1) is 20.8. The van der Waals surface area contributed by atoms with Gasteiger partial charge in [-0.05, 0) is 42.3 Å². The van der Waals surface area contributed by atoms with E-state index in [4.69, 9.17) is 4.74 Å². The van der Waals surface area contributed by atoms with E-state index in [2.05, 4.69) is 33.9 Å². The van der Waals surface area contributed by atoms with Crippen molar-refractivity contribution < 1.29 is 13.2 Å². The summed E-state index contributed by atoms with van der Waals surface area (Å²) in [6.07, 6.45) is 0. The highest BCUT2D eigenvalue weighted by Crippen LogP contribution is 2.24. The van der Waals surface area contributed by atoms with Crippen LogP contribution in [0.1, 0.15) is 17.2 Å². The number of hydrogen-bond donors (Lipinski definition) is 1. The molecule has 1 aliphatic rings. The first-order chi connectivity index (χ1) is 13.4. The maximum absolute atomic E-state index is 12.8. The maximum atomic E-state index is 12.8. The van der Waals surface area contributed by atoms with E-state index < -0.39 is 10.0 Å². The number of aryl methyl sites for hydroxylation is 1. The summed E-state index contributed by atoms with van der Waals surface area (Å²) in [5.74, 6) is 0. The van der Waals surface area contributed by atoms with Crippen LogP contribution in [0.25, 0.3) is 0 Å². The fourth-order valence-electron chi connectivity index (χ4n) is 3.40. The monoisotopic (exact) mass is 403 g/mol. The van der Waals surface area contributed by atoms with Gasteiger partial charge in [-0.3, -0.25) is 4.90 Å². The van der Waals surface area contributed by atoms with Crippen molar-refractivity contribution in [3.05, 3.63) is 59.7 Å². The molecule has 0 bridgehead atoms. The average molecular weight is 404 g/mol. The zero-order chi connectivity index (χ0) is 20.1. The molecule has 1 aliphatic heterocycles. The first-order valence-corrected chi connectivity index (χ1v) is 11.0. The van der Waals surface area contributed by atoms with Crippen LogP contribution in [0.2, 0.25) is 0 Å². The molecule has 0 amide bonds. The smallest absolute Gasteiger partial charge is 0.240 e. The number of hydrogen-bond acceptors (Lipinski definition) is 5. The minimum absolute atomic E-state index is 0.0419. The van der Waals surface area contributed by atoms with Gasteiger partial charge in [-0.25, -0.2) is 13.1 Å². The Kier molecular flexibility index (Phi) is 6.72. The van der Waals surface area contributed by atoms with Crippen LogP contribution in [-0.2, 0) is 14.8 Å². The third-order valence-corrected chi connectivity index (χ3v) is 6.47. The van der Waals surface area contributed by atoms with Crippen LogP contribution in [0.5, 0.6) is 0 Å². The fourth-order valence-corrected chi connectivity index (χ4v) is 4.54. The lowest BCUT2D eigenvalue weighted by Crippen LogP contribution is -2.43.